The first kappa shape index (κ1) is 25.0. The van der Waals surface area contributed by atoms with Crippen molar-refractivity contribution in [2.24, 2.45) is 5.92 Å². The fraction of sp³-hybridized carbons (Fsp3) is 0.214. The summed E-state index contributed by atoms with van der Waals surface area (Å²) in [5.74, 6) is 0.0318. The molecule has 42 heavy (non-hydrogen) atoms. The highest BCUT2D eigenvalue weighted by Gasteiger charge is 2.56. The van der Waals surface area contributed by atoms with E-state index in [9.17, 15) is 13.6 Å². The second-order valence-electron chi connectivity index (χ2n) is 10.5. The molecule has 8 rings (SSSR count). The van der Waals surface area contributed by atoms with Gasteiger partial charge in [-0.2, -0.15) is 4.39 Å². The number of imidazole rings is 1. The highest BCUT2D eigenvalue weighted by molar-refractivity contribution is 6.31. The third-order valence-electron chi connectivity index (χ3n) is 7.96. The van der Waals surface area contributed by atoms with Gasteiger partial charge in [-0.1, -0.05) is 28.0 Å². The third kappa shape index (κ3) is 3.73. The Bertz CT molecular complexity index is 2120. The number of aromatic amines is 1. The Morgan fingerprint density at radius 2 is 2.00 bits per heavy atom. The van der Waals surface area contributed by atoms with Gasteiger partial charge in [0.1, 0.15) is 17.3 Å². The second-order valence-corrected chi connectivity index (χ2v) is 10.9. The number of nitrogens with zero attached hydrogens (tertiary/aromatic N) is 7. The van der Waals surface area contributed by atoms with Crippen LogP contribution in [0, 0.1) is 18.8 Å². The van der Waals surface area contributed by atoms with Crippen molar-refractivity contribution in [2.45, 2.75) is 31.7 Å². The van der Waals surface area contributed by atoms with Gasteiger partial charge in [0.2, 0.25) is 5.95 Å². The molecule has 1 fully saturated rings. The Morgan fingerprint density at radius 1 is 1.14 bits per heavy atom. The third-order valence-corrected chi connectivity index (χ3v) is 8.19. The van der Waals surface area contributed by atoms with E-state index in [0.717, 1.165) is 23.7 Å². The van der Waals surface area contributed by atoms with Crippen molar-refractivity contribution in [3.63, 3.8) is 0 Å². The van der Waals surface area contributed by atoms with Gasteiger partial charge in [0.25, 0.3) is 12.0 Å². The molecule has 0 radical (unpaired) electrons. The van der Waals surface area contributed by atoms with Crippen LogP contribution >= 0.6 is 11.6 Å². The second kappa shape index (κ2) is 8.86. The van der Waals surface area contributed by atoms with E-state index in [2.05, 4.69) is 25.4 Å². The fourth-order valence-corrected chi connectivity index (χ4v) is 6.07. The minimum Gasteiger partial charge on any atom is -0.356 e. The predicted molar refractivity (Wildman–Crippen MR) is 144 cm³/mol. The van der Waals surface area contributed by atoms with Crippen LogP contribution in [0.3, 0.4) is 0 Å². The molecule has 3 atom stereocenters. The topological polar surface area (TPSA) is 120 Å². The standard InChI is InChI=1S/C28H18ClF3N8O2/c1-11-14-4-2-12(6-21(14)42-37-11)27-34-23(26(32)35-27)24-15-8-16(15)28-33-18(9-22(41)40(24)28)17-7-13(29)3-5-20(17)39-10-19(25(30)31)36-38-39/h2-7,9-10,15-16,24-25H,8H2,1H3,(H,34,35). The summed E-state index contributed by atoms with van der Waals surface area (Å²) in [4.78, 5) is 25.6. The summed E-state index contributed by atoms with van der Waals surface area (Å²) in [6.07, 6.45) is -0.954. The van der Waals surface area contributed by atoms with Crippen LogP contribution in [0.4, 0.5) is 13.2 Å². The molecule has 210 valence electrons. The van der Waals surface area contributed by atoms with Crippen molar-refractivity contribution in [1.82, 2.24) is 39.7 Å². The summed E-state index contributed by atoms with van der Waals surface area (Å²) in [7, 11) is 0. The first-order chi connectivity index (χ1) is 20.3. The molecule has 1 saturated carbocycles. The Hall–Kier alpha value is -4.78. The molecule has 10 nitrogen and oxygen atoms in total. The molecule has 14 heteroatoms. The SMILES string of the molecule is Cc1noc2cc(-c3nc(F)c(C4C5CC5c5nc(-c6cc(Cl)ccc6-n6cc(C(F)F)nn6)cc(=O)n54)[nH]3)ccc12. The van der Waals surface area contributed by atoms with Crippen LogP contribution in [-0.4, -0.2) is 39.7 Å². The molecule has 5 heterocycles. The quantitative estimate of drug-likeness (QED) is 0.271. The van der Waals surface area contributed by atoms with Crippen LogP contribution in [0.2, 0.25) is 5.02 Å². The zero-order valence-electron chi connectivity index (χ0n) is 21.6. The van der Waals surface area contributed by atoms with Gasteiger partial charge in [0.05, 0.1) is 35.0 Å². The van der Waals surface area contributed by atoms with Crippen molar-refractivity contribution in [3.8, 4) is 28.3 Å². The maximum atomic E-state index is 15.4. The fourth-order valence-electron chi connectivity index (χ4n) is 5.90. The lowest BCUT2D eigenvalue weighted by atomic mass is 10.1. The van der Waals surface area contributed by atoms with Crippen molar-refractivity contribution in [3.05, 3.63) is 92.9 Å². The molecule has 1 aliphatic heterocycles. The van der Waals surface area contributed by atoms with Crippen LogP contribution in [0.1, 0.15) is 47.7 Å². The lowest BCUT2D eigenvalue weighted by molar-refractivity contribution is 0.146. The Morgan fingerprint density at radius 3 is 2.81 bits per heavy atom. The average molecular weight is 591 g/mol. The van der Waals surface area contributed by atoms with Crippen LogP contribution in [0.25, 0.3) is 39.3 Å². The normalized spacial score (nSPS) is 19.0. The number of benzene rings is 2. The number of aryl methyl sites for hydroxylation is 1. The first-order valence-corrected chi connectivity index (χ1v) is 13.4. The minimum atomic E-state index is -2.79. The van der Waals surface area contributed by atoms with Gasteiger partial charge >= 0.3 is 0 Å². The molecule has 3 unspecified atom stereocenters. The molecule has 0 spiro atoms. The van der Waals surface area contributed by atoms with Crippen LogP contribution in [0.5, 0.6) is 0 Å². The Labute approximate surface area is 238 Å². The molecule has 2 aliphatic rings. The van der Waals surface area contributed by atoms with Gasteiger partial charge < -0.3 is 9.51 Å². The molecule has 4 aromatic heterocycles. The highest BCUT2D eigenvalue weighted by atomic mass is 35.5. The molecule has 0 amide bonds. The van der Waals surface area contributed by atoms with E-state index < -0.39 is 24.1 Å². The van der Waals surface area contributed by atoms with Crippen molar-refractivity contribution < 1.29 is 17.7 Å². The van der Waals surface area contributed by atoms with Gasteiger partial charge in [-0.05, 0) is 49.6 Å². The van der Waals surface area contributed by atoms with E-state index in [4.69, 9.17) is 21.1 Å². The van der Waals surface area contributed by atoms with E-state index in [1.165, 1.54) is 15.3 Å². The van der Waals surface area contributed by atoms with Crippen molar-refractivity contribution in [2.75, 3.05) is 0 Å². The summed E-state index contributed by atoms with van der Waals surface area (Å²) in [6, 6.07) is 10.9. The largest absolute Gasteiger partial charge is 0.356 e. The maximum Gasteiger partial charge on any atom is 0.283 e. The number of alkyl halides is 2. The van der Waals surface area contributed by atoms with Crippen molar-refractivity contribution in [1.29, 1.82) is 0 Å². The molecular weight excluding hydrogens is 573 g/mol. The number of aromatic nitrogens is 8. The lowest BCUT2D eigenvalue weighted by Gasteiger charge is -2.17. The smallest absolute Gasteiger partial charge is 0.283 e. The first-order valence-electron chi connectivity index (χ1n) is 13.0. The van der Waals surface area contributed by atoms with Crippen LogP contribution in [-0.2, 0) is 0 Å². The van der Waals surface area contributed by atoms with E-state index >= 15 is 4.39 Å². The predicted octanol–water partition coefficient (Wildman–Crippen LogP) is 5.77. The highest BCUT2D eigenvalue weighted by Crippen LogP contribution is 2.60. The van der Waals surface area contributed by atoms with Gasteiger partial charge in [0.15, 0.2) is 5.58 Å². The molecule has 6 aromatic rings. The molecule has 1 N–H and O–H groups in total. The van der Waals surface area contributed by atoms with Crippen molar-refractivity contribution >= 4 is 22.6 Å². The Kier molecular flexibility index (Phi) is 5.27. The number of H-pyrrole nitrogens is 1. The average Bonchev–Trinajstić information content (AvgIpc) is 3.29. The molecule has 2 aromatic carbocycles. The minimum absolute atomic E-state index is 0.0367. The van der Waals surface area contributed by atoms with Crippen LogP contribution in [0.15, 0.2) is 58.0 Å². The molecular formula is C28H18ClF3N8O2. The summed E-state index contributed by atoms with van der Waals surface area (Å²) < 4.78 is 49.8. The molecule has 1 aliphatic carbocycles. The van der Waals surface area contributed by atoms with E-state index in [1.807, 2.05) is 13.0 Å². The van der Waals surface area contributed by atoms with Gasteiger partial charge in [-0.3, -0.25) is 9.36 Å². The number of hydrogen-bond acceptors (Lipinski definition) is 7. The number of hydrogen-bond donors (Lipinski definition) is 1. The summed E-state index contributed by atoms with van der Waals surface area (Å²) in [5, 5.41) is 12.5. The summed E-state index contributed by atoms with van der Waals surface area (Å²) in [6.45, 7) is 1.84. The number of nitrogens with one attached hydrogen (secondary N) is 1. The zero-order valence-corrected chi connectivity index (χ0v) is 22.4. The van der Waals surface area contributed by atoms with Gasteiger partial charge in [0, 0.05) is 33.5 Å². The maximum absolute atomic E-state index is 15.4. The van der Waals surface area contributed by atoms with Gasteiger partial charge in [-0.15, -0.1) is 5.10 Å². The van der Waals surface area contributed by atoms with E-state index in [-0.39, 0.29) is 23.1 Å². The van der Waals surface area contributed by atoms with Crippen LogP contribution < -0.4 is 5.56 Å². The van der Waals surface area contributed by atoms with E-state index in [1.54, 1.807) is 30.3 Å². The molecule has 0 bridgehead atoms. The van der Waals surface area contributed by atoms with Gasteiger partial charge in [-0.25, -0.2) is 23.4 Å². The molecule has 0 saturated heterocycles. The lowest BCUT2D eigenvalue weighted by Crippen LogP contribution is -2.27. The number of halogens is 4. The monoisotopic (exact) mass is 590 g/mol. The Balaban J connectivity index is 1.20. The summed E-state index contributed by atoms with van der Waals surface area (Å²) in [5.41, 5.74) is 2.34. The number of fused-ring (bicyclic) bond motifs is 4. The zero-order chi connectivity index (χ0) is 28.9. The number of rotatable bonds is 5. The van der Waals surface area contributed by atoms with E-state index in [0.29, 0.717) is 44.8 Å². The summed E-state index contributed by atoms with van der Waals surface area (Å²) >= 11 is 6.27.